The molecular weight excluding hydrogens is 162 g/mol. The lowest BCUT2D eigenvalue weighted by atomic mass is 10.1. The molecule has 3 N–H and O–H groups in total. The predicted octanol–water partition coefficient (Wildman–Crippen LogP) is 1.80. The Morgan fingerprint density at radius 2 is 1.92 bits per heavy atom. The standard InChI is InChI=1S/C11H15NO/c12-7-10-4-9(3-8-1-2-8)5-11(13)6-10/h4-6,8,13H,1-3,7,12H2. The van der Waals surface area contributed by atoms with Crippen molar-refractivity contribution in [2.45, 2.75) is 25.8 Å². The molecule has 0 spiro atoms. The van der Waals surface area contributed by atoms with Crippen LogP contribution in [-0.4, -0.2) is 5.11 Å². The smallest absolute Gasteiger partial charge is 0.116 e. The molecule has 0 radical (unpaired) electrons. The highest BCUT2D eigenvalue weighted by molar-refractivity contribution is 5.33. The van der Waals surface area contributed by atoms with Crippen LogP contribution < -0.4 is 5.73 Å². The molecule has 1 aliphatic carbocycles. The van der Waals surface area contributed by atoms with E-state index in [1.807, 2.05) is 6.07 Å². The number of aromatic hydroxyl groups is 1. The quantitative estimate of drug-likeness (QED) is 0.739. The molecule has 0 saturated heterocycles. The van der Waals surface area contributed by atoms with Crippen LogP contribution in [0.3, 0.4) is 0 Å². The first-order valence-electron chi connectivity index (χ1n) is 4.80. The van der Waals surface area contributed by atoms with E-state index >= 15 is 0 Å². The molecule has 0 unspecified atom stereocenters. The van der Waals surface area contributed by atoms with Gasteiger partial charge in [0.1, 0.15) is 5.75 Å². The number of nitrogens with two attached hydrogens (primary N) is 1. The van der Waals surface area contributed by atoms with Gasteiger partial charge in [0, 0.05) is 6.54 Å². The molecule has 70 valence electrons. The van der Waals surface area contributed by atoms with Crippen molar-refractivity contribution in [2.24, 2.45) is 11.7 Å². The molecule has 2 nitrogen and oxygen atoms in total. The second-order valence-electron chi connectivity index (χ2n) is 3.86. The van der Waals surface area contributed by atoms with Gasteiger partial charge in [0.15, 0.2) is 0 Å². The van der Waals surface area contributed by atoms with Crippen LogP contribution in [-0.2, 0) is 13.0 Å². The number of rotatable bonds is 3. The average Bonchev–Trinajstić information content (AvgIpc) is 2.87. The van der Waals surface area contributed by atoms with Crippen LogP contribution in [0.2, 0.25) is 0 Å². The van der Waals surface area contributed by atoms with Crippen LogP contribution in [0.25, 0.3) is 0 Å². The number of phenolic OH excluding ortho intramolecular Hbond substituents is 1. The minimum absolute atomic E-state index is 0.346. The summed E-state index contributed by atoms with van der Waals surface area (Å²) in [6.07, 6.45) is 3.78. The van der Waals surface area contributed by atoms with Gasteiger partial charge in [0.2, 0.25) is 0 Å². The van der Waals surface area contributed by atoms with Crippen molar-refractivity contribution in [1.82, 2.24) is 0 Å². The fraction of sp³-hybridized carbons (Fsp3) is 0.455. The summed E-state index contributed by atoms with van der Waals surface area (Å²) in [4.78, 5) is 0. The zero-order valence-corrected chi connectivity index (χ0v) is 7.66. The Bertz CT molecular complexity index is 305. The van der Waals surface area contributed by atoms with E-state index in [0.29, 0.717) is 12.3 Å². The molecule has 0 heterocycles. The number of phenols is 1. The largest absolute Gasteiger partial charge is 0.508 e. The predicted molar refractivity (Wildman–Crippen MR) is 52.4 cm³/mol. The Kier molecular flexibility index (Phi) is 2.23. The lowest BCUT2D eigenvalue weighted by Crippen LogP contribution is -1.97. The average molecular weight is 177 g/mol. The fourth-order valence-electron chi connectivity index (χ4n) is 1.63. The van der Waals surface area contributed by atoms with Gasteiger partial charge in [0.05, 0.1) is 0 Å². The van der Waals surface area contributed by atoms with Gasteiger partial charge in [-0.15, -0.1) is 0 Å². The summed E-state index contributed by atoms with van der Waals surface area (Å²) < 4.78 is 0. The Morgan fingerprint density at radius 1 is 1.23 bits per heavy atom. The van der Waals surface area contributed by atoms with Crippen molar-refractivity contribution >= 4 is 0 Å². The number of hydrogen-bond acceptors (Lipinski definition) is 2. The molecule has 13 heavy (non-hydrogen) atoms. The van der Waals surface area contributed by atoms with E-state index in [2.05, 4.69) is 6.07 Å². The molecule has 0 aliphatic heterocycles. The minimum Gasteiger partial charge on any atom is -0.508 e. The molecule has 0 amide bonds. The van der Waals surface area contributed by atoms with E-state index in [1.165, 1.54) is 18.4 Å². The van der Waals surface area contributed by atoms with Crippen molar-refractivity contribution in [3.63, 3.8) is 0 Å². The third-order valence-corrected chi connectivity index (χ3v) is 2.49. The summed E-state index contributed by atoms with van der Waals surface area (Å²) in [5, 5.41) is 9.40. The normalized spacial score (nSPS) is 16.1. The lowest BCUT2D eigenvalue weighted by Gasteiger charge is -2.04. The van der Waals surface area contributed by atoms with Gasteiger partial charge < -0.3 is 10.8 Å². The molecule has 1 fully saturated rings. The summed E-state index contributed by atoms with van der Waals surface area (Å²) in [7, 11) is 0. The molecule has 0 aromatic heterocycles. The van der Waals surface area contributed by atoms with Crippen LogP contribution in [0.1, 0.15) is 24.0 Å². The maximum atomic E-state index is 9.40. The first-order chi connectivity index (χ1) is 6.28. The van der Waals surface area contributed by atoms with Crippen molar-refractivity contribution in [3.05, 3.63) is 29.3 Å². The van der Waals surface area contributed by atoms with Crippen LogP contribution in [0, 0.1) is 5.92 Å². The molecule has 1 aromatic carbocycles. The zero-order valence-electron chi connectivity index (χ0n) is 7.66. The maximum absolute atomic E-state index is 9.40. The van der Waals surface area contributed by atoms with Crippen LogP contribution in [0.15, 0.2) is 18.2 Å². The van der Waals surface area contributed by atoms with E-state index < -0.39 is 0 Å². The Balaban J connectivity index is 2.17. The van der Waals surface area contributed by atoms with Crippen LogP contribution in [0.4, 0.5) is 0 Å². The van der Waals surface area contributed by atoms with E-state index in [4.69, 9.17) is 5.73 Å². The van der Waals surface area contributed by atoms with Gasteiger partial charge in [-0.25, -0.2) is 0 Å². The zero-order chi connectivity index (χ0) is 9.26. The highest BCUT2D eigenvalue weighted by Crippen LogP contribution is 2.33. The Labute approximate surface area is 78.4 Å². The second-order valence-corrected chi connectivity index (χ2v) is 3.86. The van der Waals surface area contributed by atoms with E-state index in [1.54, 1.807) is 6.07 Å². The molecule has 2 rings (SSSR count). The van der Waals surface area contributed by atoms with E-state index in [-0.39, 0.29) is 0 Å². The SMILES string of the molecule is NCc1cc(O)cc(CC2CC2)c1. The minimum atomic E-state index is 0.346. The van der Waals surface area contributed by atoms with E-state index in [0.717, 1.165) is 17.9 Å². The van der Waals surface area contributed by atoms with Gasteiger partial charge in [-0.2, -0.15) is 0 Å². The van der Waals surface area contributed by atoms with Gasteiger partial charge >= 0.3 is 0 Å². The van der Waals surface area contributed by atoms with Crippen molar-refractivity contribution < 1.29 is 5.11 Å². The summed E-state index contributed by atoms with van der Waals surface area (Å²) in [5.41, 5.74) is 7.77. The van der Waals surface area contributed by atoms with Gasteiger partial charge in [-0.1, -0.05) is 6.07 Å². The molecule has 0 atom stereocenters. The highest BCUT2D eigenvalue weighted by Gasteiger charge is 2.21. The van der Waals surface area contributed by atoms with Gasteiger partial charge in [0.25, 0.3) is 0 Å². The first-order valence-corrected chi connectivity index (χ1v) is 4.80. The van der Waals surface area contributed by atoms with Crippen molar-refractivity contribution in [3.8, 4) is 5.75 Å². The van der Waals surface area contributed by atoms with Crippen LogP contribution in [0.5, 0.6) is 5.75 Å². The van der Waals surface area contributed by atoms with E-state index in [9.17, 15) is 5.11 Å². The van der Waals surface area contributed by atoms with Crippen molar-refractivity contribution in [2.75, 3.05) is 0 Å². The highest BCUT2D eigenvalue weighted by atomic mass is 16.3. The topological polar surface area (TPSA) is 46.2 Å². The molecule has 1 saturated carbocycles. The second kappa shape index (κ2) is 3.38. The monoisotopic (exact) mass is 177 g/mol. The Morgan fingerprint density at radius 3 is 2.54 bits per heavy atom. The number of hydrogen-bond donors (Lipinski definition) is 2. The van der Waals surface area contributed by atoms with Gasteiger partial charge in [-0.3, -0.25) is 0 Å². The van der Waals surface area contributed by atoms with Crippen molar-refractivity contribution in [1.29, 1.82) is 0 Å². The summed E-state index contributed by atoms with van der Waals surface area (Å²) in [5.74, 6) is 1.20. The molecule has 2 heteroatoms. The first kappa shape index (κ1) is 8.57. The number of benzene rings is 1. The summed E-state index contributed by atoms with van der Waals surface area (Å²) >= 11 is 0. The summed E-state index contributed by atoms with van der Waals surface area (Å²) in [6.45, 7) is 0.506. The maximum Gasteiger partial charge on any atom is 0.116 e. The van der Waals surface area contributed by atoms with Crippen LogP contribution >= 0.6 is 0 Å². The summed E-state index contributed by atoms with van der Waals surface area (Å²) in [6, 6.07) is 5.67. The third-order valence-electron chi connectivity index (χ3n) is 2.49. The molecule has 1 aromatic rings. The Hall–Kier alpha value is -1.02. The third kappa shape index (κ3) is 2.22. The molecule has 1 aliphatic rings. The lowest BCUT2D eigenvalue weighted by molar-refractivity contribution is 0.473. The fourth-order valence-corrected chi connectivity index (χ4v) is 1.63. The van der Waals surface area contributed by atoms with Gasteiger partial charge in [-0.05, 0) is 48.4 Å². The molecule has 0 bridgehead atoms. The molecular formula is C11H15NO.